The Morgan fingerprint density at radius 3 is 2.26 bits per heavy atom. The van der Waals surface area contributed by atoms with Crippen LogP contribution in [0.3, 0.4) is 0 Å². The van der Waals surface area contributed by atoms with E-state index in [4.69, 9.17) is 11.6 Å². The summed E-state index contributed by atoms with van der Waals surface area (Å²) < 4.78 is 27.8. The van der Waals surface area contributed by atoms with Gasteiger partial charge in [0, 0.05) is 27.4 Å². The Balaban J connectivity index is 1.53. The molecule has 214 valence electrons. The van der Waals surface area contributed by atoms with Gasteiger partial charge in [0.1, 0.15) is 17.3 Å². The molecule has 0 saturated carbocycles. The van der Waals surface area contributed by atoms with E-state index in [0.29, 0.717) is 28.3 Å². The molecule has 0 saturated heterocycles. The molecule has 6 nitrogen and oxygen atoms in total. The maximum atomic E-state index is 14.6. The van der Waals surface area contributed by atoms with E-state index >= 15 is 0 Å². The fourth-order valence-electron chi connectivity index (χ4n) is 3.82. The number of carbonyl (C=O) groups is 3. The number of benzene rings is 4. The highest BCUT2D eigenvalue weighted by Crippen LogP contribution is 2.29. The Morgan fingerprint density at radius 1 is 0.857 bits per heavy atom. The lowest BCUT2D eigenvalue weighted by Gasteiger charge is -2.16. The summed E-state index contributed by atoms with van der Waals surface area (Å²) >= 11 is 7.47. The van der Waals surface area contributed by atoms with E-state index in [9.17, 15) is 23.2 Å². The first-order valence-electron chi connectivity index (χ1n) is 12.9. The van der Waals surface area contributed by atoms with Gasteiger partial charge < -0.3 is 16.0 Å². The Morgan fingerprint density at radius 2 is 1.57 bits per heavy atom. The smallest absolute Gasteiger partial charge is 0.272 e. The van der Waals surface area contributed by atoms with Crippen LogP contribution in [0.2, 0.25) is 5.02 Å². The van der Waals surface area contributed by atoms with Crippen molar-refractivity contribution in [1.29, 1.82) is 0 Å². The summed E-state index contributed by atoms with van der Waals surface area (Å²) in [5.74, 6) is -2.58. The minimum Gasteiger partial charge on any atom is -0.325 e. The molecule has 42 heavy (non-hydrogen) atoms. The second kappa shape index (κ2) is 14.4. The predicted octanol–water partition coefficient (Wildman–Crippen LogP) is 7.54. The molecule has 4 rings (SSSR count). The van der Waals surface area contributed by atoms with E-state index < -0.39 is 28.7 Å². The van der Waals surface area contributed by atoms with Crippen LogP contribution in [0.5, 0.6) is 0 Å². The van der Waals surface area contributed by atoms with E-state index in [1.807, 2.05) is 6.92 Å². The highest BCUT2D eigenvalue weighted by atomic mass is 35.5. The van der Waals surface area contributed by atoms with E-state index in [2.05, 4.69) is 16.0 Å². The summed E-state index contributed by atoms with van der Waals surface area (Å²) in [4.78, 5) is 39.8. The largest absolute Gasteiger partial charge is 0.325 e. The average Bonchev–Trinajstić information content (AvgIpc) is 2.99. The van der Waals surface area contributed by atoms with Gasteiger partial charge in [0.25, 0.3) is 11.8 Å². The van der Waals surface area contributed by atoms with Crippen molar-refractivity contribution in [2.24, 2.45) is 0 Å². The summed E-state index contributed by atoms with van der Waals surface area (Å²) in [7, 11) is 0. The summed E-state index contributed by atoms with van der Waals surface area (Å²) in [6.07, 6.45) is 1.69. The Kier molecular flexibility index (Phi) is 10.5. The number of carbonyl (C=O) groups excluding carboxylic acids is 3. The summed E-state index contributed by atoms with van der Waals surface area (Å²) in [6.45, 7) is 1.87. The van der Waals surface area contributed by atoms with Crippen molar-refractivity contribution >= 4 is 58.5 Å². The summed E-state index contributed by atoms with van der Waals surface area (Å²) in [5.41, 5.74) is 0.893. The van der Waals surface area contributed by atoms with Crippen LogP contribution in [-0.4, -0.2) is 23.0 Å². The lowest BCUT2D eigenvalue weighted by molar-refractivity contribution is -0.116. The molecule has 0 aliphatic carbocycles. The molecule has 1 unspecified atom stereocenters. The molecule has 0 aromatic heterocycles. The quantitative estimate of drug-likeness (QED) is 0.129. The lowest BCUT2D eigenvalue weighted by Crippen LogP contribution is -2.30. The maximum absolute atomic E-state index is 14.6. The first-order chi connectivity index (χ1) is 20.2. The van der Waals surface area contributed by atoms with E-state index in [1.165, 1.54) is 60.3 Å². The fourth-order valence-corrected chi connectivity index (χ4v) is 5.05. The Bertz CT molecular complexity index is 1600. The minimum atomic E-state index is -0.707. The van der Waals surface area contributed by atoms with Crippen molar-refractivity contribution in [3.05, 3.63) is 131 Å². The third kappa shape index (κ3) is 8.28. The van der Waals surface area contributed by atoms with Gasteiger partial charge in [-0.1, -0.05) is 48.9 Å². The molecule has 4 aromatic rings. The molecule has 0 fully saturated rings. The second-order valence-corrected chi connectivity index (χ2v) is 10.7. The molecule has 0 aliphatic rings. The van der Waals surface area contributed by atoms with Gasteiger partial charge in [-0.25, -0.2) is 8.78 Å². The number of halogens is 3. The van der Waals surface area contributed by atoms with Crippen LogP contribution in [0, 0.1) is 11.6 Å². The molecule has 3 amide bonds. The zero-order chi connectivity index (χ0) is 30.1. The van der Waals surface area contributed by atoms with Crippen LogP contribution in [0.4, 0.5) is 20.2 Å². The van der Waals surface area contributed by atoms with Gasteiger partial charge in [-0.2, -0.15) is 0 Å². The zero-order valence-electron chi connectivity index (χ0n) is 22.4. The monoisotopic (exact) mass is 605 g/mol. The van der Waals surface area contributed by atoms with E-state index in [-0.39, 0.29) is 22.2 Å². The molecule has 0 radical (unpaired) electrons. The second-order valence-electron chi connectivity index (χ2n) is 9.01. The number of rotatable bonds is 10. The highest BCUT2D eigenvalue weighted by molar-refractivity contribution is 8.00. The standard InChI is InChI=1S/C32H26ClF2N3O3S/c1-2-29(32(41)36-22-16-14-21(34)15-17-22)42-24-11-6-10-23(18-24)37-31(40)28(19-25-26(33)12-7-13-27(25)35)38-30(39)20-8-4-3-5-9-20/h3-19,29H,2H2,1H3,(H,36,41)(H,37,40)(H,38,39)/b28-19+. The number of hydrogen-bond acceptors (Lipinski definition) is 4. The number of thioether (sulfide) groups is 1. The molecule has 3 N–H and O–H groups in total. The Hall–Kier alpha value is -4.47. The third-order valence-electron chi connectivity index (χ3n) is 5.96. The number of hydrogen-bond donors (Lipinski definition) is 3. The van der Waals surface area contributed by atoms with Crippen molar-refractivity contribution < 1.29 is 23.2 Å². The van der Waals surface area contributed by atoms with Gasteiger partial charge in [0.05, 0.1) is 10.3 Å². The van der Waals surface area contributed by atoms with Gasteiger partial charge in [-0.3, -0.25) is 14.4 Å². The normalized spacial score (nSPS) is 11.9. The maximum Gasteiger partial charge on any atom is 0.272 e. The fraction of sp³-hybridized carbons (Fsp3) is 0.0938. The molecule has 0 aliphatic heterocycles. The average molecular weight is 606 g/mol. The molecule has 10 heteroatoms. The minimum absolute atomic E-state index is 0.0556. The molecular formula is C32H26ClF2N3O3S. The van der Waals surface area contributed by atoms with Crippen LogP contribution in [0.25, 0.3) is 6.08 Å². The third-order valence-corrected chi connectivity index (χ3v) is 7.65. The first kappa shape index (κ1) is 30.5. The number of anilines is 2. The Labute approximate surface area is 251 Å². The topological polar surface area (TPSA) is 87.3 Å². The van der Waals surface area contributed by atoms with Gasteiger partial charge in [0.2, 0.25) is 5.91 Å². The van der Waals surface area contributed by atoms with Gasteiger partial charge in [-0.15, -0.1) is 11.8 Å². The number of nitrogens with one attached hydrogen (secondary N) is 3. The van der Waals surface area contributed by atoms with Crippen LogP contribution < -0.4 is 16.0 Å². The zero-order valence-corrected chi connectivity index (χ0v) is 23.9. The van der Waals surface area contributed by atoms with Crippen molar-refractivity contribution in [1.82, 2.24) is 5.32 Å². The SMILES string of the molecule is CCC(Sc1cccc(NC(=O)/C(=C\c2c(F)cccc2Cl)NC(=O)c2ccccc2)c1)C(=O)Nc1ccc(F)cc1. The first-order valence-corrected chi connectivity index (χ1v) is 14.2. The van der Waals surface area contributed by atoms with E-state index in [1.54, 1.807) is 54.6 Å². The molecule has 0 bridgehead atoms. The number of amides is 3. The van der Waals surface area contributed by atoms with Crippen LogP contribution in [0.15, 0.2) is 108 Å². The van der Waals surface area contributed by atoms with Crippen molar-refractivity contribution in [2.45, 2.75) is 23.5 Å². The molecule has 0 heterocycles. The predicted molar refractivity (Wildman–Crippen MR) is 163 cm³/mol. The van der Waals surface area contributed by atoms with Crippen LogP contribution >= 0.6 is 23.4 Å². The van der Waals surface area contributed by atoms with Crippen LogP contribution in [-0.2, 0) is 9.59 Å². The summed E-state index contributed by atoms with van der Waals surface area (Å²) in [5, 5.41) is 7.66. The van der Waals surface area contributed by atoms with Gasteiger partial charge >= 0.3 is 0 Å². The molecule has 0 spiro atoms. The van der Waals surface area contributed by atoms with Crippen molar-refractivity contribution in [3.63, 3.8) is 0 Å². The van der Waals surface area contributed by atoms with Gasteiger partial charge in [0.15, 0.2) is 0 Å². The van der Waals surface area contributed by atoms with E-state index in [0.717, 1.165) is 0 Å². The lowest BCUT2D eigenvalue weighted by atomic mass is 10.1. The summed E-state index contributed by atoms with van der Waals surface area (Å²) in [6, 6.07) is 24.7. The van der Waals surface area contributed by atoms with Crippen LogP contribution in [0.1, 0.15) is 29.3 Å². The van der Waals surface area contributed by atoms with Crippen molar-refractivity contribution in [2.75, 3.05) is 10.6 Å². The van der Waals surface area contributed by atoms with Gasteiger partial charge in [-0.05, 0) is 79.2 Å². The molecule has 4 aromatic carbocycles. The molecular weight excluding hydrogens is 580 g/mol. The molecule has 1 atom stereocenters. The van der Waals surface area contributed by atoms with Crippen molar-refractivity contribution in [3.8, 4) is 0 Å². The highest BCUT2D eigenvalue weighted by Gasteiger charge is 2.20.